The maximum absolute atomic E-state index is 10.6. The predicted molar refractivity (Wildman–Crippen MR) is 131 cm³/mol. The third kappa shape index (κ3) is 17.5. The molecule has 0 aromatic heterocycles. The minimum absolute atomic E-state index is 0.365. The number of unbranched alkanes of at least 4 members (excludes halogenated alkanes) is 17. The van der Waals surface area contributed by atoms with E-state index in [1.54, 1.807) is 0 Å². The number of hydrogen-bond donors (Lipinski definition) is 3. The minimum atomic E-state index is -0.558. The van der Waals surface area contributed by atoms with Gasteiger partial charge in [-0.3, -0.25) is 5.32 Å². The molecular formula is C27H55NO2. The first kappa shape index (κ1) is 27.9. The highest BCUT2D eigenvalue weighted by molar-refractivity contribution is 4.78. The van der Waals surface area contributed by atoms with Crippen LogP contribution in [0.2, 0.25) is 0 Å². The zero-order valence-electron chi connectivity index (χ0n) is 20.3. The van der Waals surface area contributed by atoms with Gasteiger partial charge in [0.1, 0.15) is 5.72 Å². The number of hydrogen-bond acceptors (Lipinski definition) is 3. The standard InChI is InChI=1S/C27H55NO2/c29-26-22-18-14-12-10-8-6-4-2-1-3-5-7-9-11-13-17-21-25-28-27(30)23-19-15-16-20-24-27/h28-30H,1-26H2. The van der Waals surface area contributed by atoms with E-state index in [-0.39, 0.29) is 0 Å². The average molecular weight is 426 g/mol. The van der Waals surface area contributed by atoms with Crippen molar-refractivity contribution in [3.63, 3.8) is 0 Å². The van der Waals surface area contributed by atoms with Gasteiger partial charge in [-0.25, -0.2) is 0 Å². The van der Waals surface area contributed by atoms with Crippen molar-refractivity contribution in [3.8, 4) is 0 Å². The van der Waals surface area contributed by atoms with Crippen molar-refractivity contribution in [3.05, 3.63) is 0 Å². The van der Waals surface area contributed by atoms with Gasteiger partial charge in [0.25, 0.3) is 0 Å². The van der Waals surface area contributed by atoms with E-state index in [1.807, 2.05) is 0 Å². The first-order valence-corrected chi connectivity index (χ1v) is 13.9. The van der Waals surface area contributed by atoms with Gasteiger partial charge in [0, 0.05) is 6.61 Å². The van der Waals surface area contributed by atoms with Crippen molar-refractivity contribution in [2.45, 2.75) is 160 Å². The van der Waals surface area contributed by atoms with Crippen LogP contribution in [-0.4, -0.2) is 29.1 Å². The third-order valence-corrected chi connectivity index (χ3v) is 6.97. The summed E-state index contributed by atoms with van der Waals surface area (Å²) in [7, 11) is 0. The molecule has 3 N–H and O–H groups in total. The molecule has 0 saturated heterocycles. The summed E-state index contributed by atoms with van der Waals surface area (Å²) in [5.41, 5.74) is -0.558. The lowest BCUT2D eigenvalue weighted by Gasteiger charge is -2.28. The fourth-order valence-electron chi connectivity index (χ4n) is 4.88. The average Bonchev–Trinajstić information content (AvgIpc) is 2.97. The monoisotopic (exact) mass is 425 g/mol. The molecule has 1 fully saturated rings. The minimum Gasteiger partial charge on any atom is -0.396 e. The molecule has 0 bridgehead atoms. The van der Waals surface area contributed by atoms with Crippen LogP contribution in [0.25, 0.3) is 0 Å². The van der Waals surface area contributed by atoms with E-state index in [2.05, 4.69) is 5.32 Å². The summed E-state index contributed by atoms with van der Waals surface area (Å²) in [5.74, 6) is 0. The lowest BCUT2D eigenvalue weighted by molar-refractivity contribution is -0.00907. The van der Waals surface area contributed by atoms with Crippen molar-refractivity contribution in [2.75, 3.05) is 13.2 Å². The summed E-state index contributed by atoms with van der Waals surface area (Å²) in [4.78, 5) is 0. The van der Waals surface area contributed by atoms with Crippen LogP contribution >= 0.6 is 0 Å². The van der Waals surface area contributed by atoms with Crippen LogP contribution in [0.3, 0.4) is 0 Å². The quantitative estimate of drug-likeness (QED) is 0.101. The van der Waals surface area contributed by atoms with Crippen molar-refractivity contribution >= 4 is 0 Å². The Bertz CT molecular complexity index is 340. The van der Waals surface area contributed by atoms with E-state index >= 15 is 0 Å². The summed E-state index contributed by atoms with van der Waals surface area (Å²) in [6.45, 7) is 1.35. The van der Waals surface area contributed by atoms with Gasteiger partial charge in [0.05, 0.1) is 0 Å². The molecular weight excluding hydrogens is 370 g/mol. The number of nitrogens with one attached hydrogen (secondary N) is 1. The SMILES string of the molecule is OCCCCCCCCCCCCCCCCCCCCNC1(O)CCCCCC1. The zero-order chi connectivity index (χ0) is 21.6. The Hall–Kier alpha value is -0.120. The van der Waals surface area contributed by atoms with Crippen LogP contribution < -0.4 is 5.32 Å². The number of aliphatic hydroxyl groups is 2. The van der Waals surface area contributed by atoms with Crippen LogP contribution in [0.15, 0.2) is 0 Å². The summed E-state index contributed by atoms with van der Waals surface area (Å²) in [6.07, 6.45) is 31.2. The fraction of sp³-hybridized carbons (Fsp3) is 1.00. The fourth-order valence-corrected chi connectivity index (χ4v) is 4.88. The molecule has 0 amide bonds. The second kappa shape index (κ2) is 20.8. The van der Waals surface area contributed by atoms with Crippen LogP contribution in [0.5, 0.6) is 0 Å². The molecule has 30 heavy (non-hydrogen) atoms. The van der Waals surface area contributed by atoms with Gasteiger partial charge in [-0.15, -0.1) is 0 Å². The maximum Gasteiger partial charge on any atom is 0.116 e. The molecule has 1 aliphatic rings. The maximum atomic E-state index is 10.6. The Morgan fingerprint density at radius 3 is 1.17 bits per heavy atom. The lowest BCUT2D eigenvalue weighted by atomic mass is 10.0. The highest BCUT2D eigenvalue weighted by atomic mass is 16.3. The Morgan fingerprint density at radius 2 is 0.800 bits per heavy atom. The molecule has 0 aromatic rings. The van der Waals surface area contributed by atoms with Gasteiger partial charge in [-0.2, -0.15) is 0 Å². The Labute approximate surface area is 188 Å². The molecule has 0 aromatic carbocycles. The number of rotatable bonds is 21. The van der Waals surface area contributed by atoms with Gasteiger partial charge >= 0.3 is 0 Å². The Morgan fingerprint density at radius 1 is 0.467 bits per heavy atom. The molecule has 0 aliphatic heterocycles. The molecule has 180 valence electrons. The van der Waals surface area contributed by atoms with Crippen molar-refractivity contribution in [1.29, 1.82) is 0 Å². The second-order valence-corrected chi connectivity index (χ2v) is 9.96. The smallest absolute Gasteiger partial charge is 0.116 e. The van der Waals surface area contributed by atoms with Gasteiger partial charge in [0.2, 0.25) is 0 Å². The normalized spacial score (nSPS) is 16.6. The third-order valence-electron chi connectivity index (χ3n) is 6.97. The first-order chi connectivity index (χ1) is 14.8. The predicted octanol–water partition coefficient (Wildman–Crippen LogP) is 7.63. The number of aliphatic hydroxyl groups excluding tert-OH is 1. The van der Waals surface area contributed by atoms with E-state index < -0.39 is 5.72 Å². The molecule has 0 atom stereocenters. The first-order valence-electron chi connectivity index (χ1n) is 13.9. The molecule has 0 spiro atoms. The topological polar surface area (TPSA) is 52.5 Å². The highest BCUT2D eigenvalue weighted by Gasteiger charge is 2.26. The van der Waals surface area contributed by atoms with Gasteiger partial charge in [-0.1, -0.05) is 116 Å². The molecule has 0 unspecified atom stereocenters. The van der Waals surface area contributed by atoms with Crippen LogP contribution in [0.1, 0.15) is 154 Å². The molecule has 1 saturated carbocycles. The molecule has 3 nitrogen and oxygen atoms in total. The highest BCUT2D eigenvalue weighted by Crippen LogP contribution is 2.24. The summed E-state index contributed by atoms with van der Waals surface area (Å²) in [5, 5.41) is 22.8. The molecule has 1 aliphatic carbocycles. The lowest BCUT2D eigenvalue weighted by Crippen LogP contribution is -2.45. The summed E-state index contributed by atoms with van der Waals surface area (Å²) < 4.78 is 0. The zero-order valence-corrected chi connectivity index (χ0v) is 20.3. The van der Waals surface area contributed by atoms with E-state index in [1.165, 1.54) is 135 Å². The Balaban J connectivity index is 1.71. The molecule has 3 heteroatoms. The van der Waals surface area contributed by atoms with Crippen molar-refractivity contribution in [1.82, 2.24) is 5.32 Å². The Kier molecular flexibility index (Phi) is 19.3. The van der Waals surface area contributed by atoms with E-state index in [0.29, 0.717) is 6.61 Å². The molecule has 0 heterocycles. The second-order valence-electron chi connectivity index (χ2n) is 9.96. The van der Waals surface area contributed by atoms with Crippen LogP contribution in [-0.2, 0) is 0 Å². The van der Waals surface area contributed by atoms with Crippen molar-refractivity contribution in [2.24, 2.45) is 0 Å². The van der Waals surface area contributed by atoms with Gasteiger partial charge in [0.15, 0.2) is 0 Å². The van der Waals surface area contributed by atoms with Gasteiger partial charge < -0.3 is 10.2 Å². The largest absolute Gasteiger partial charge is 0.396 e. The summed E-state index contributed by atoms with van der Waals surface area (Å²) in [6, 6.07) is 0. The van der Waals surface area contributed by atoms with Crippen LogP contribution in [0, 0.1) is 0 Å². The van der Waals surface area contributed by atoms with Crippen LogP contribution in [0.4, 0.5) is 0 Å². The molecule has 0 radical (unpaired) electrons. The molecule has 1 rings (SSSR count). The van der Waals surface area contributed by atoms with Gasteiger partial charge in [-0.05, 0) is 45.1 Å². The van der Waals surface area contributed by atoms with Crippen molar-refractivity contribution < 1.29 is 10.2 Å². The van der Waals surface area contributed by atoms with E-state index in [0.717, 1.165) is 25.8 Å². The summed E-state index contributed by atoms with van der Waals surface area (Å²) >= 11 is 0. The van der Waals surface area contributed by atoms with E-state index in [9.17, 15) is 5.11 Å². The van der Waals surface area contributed by atoms with E-state index in [4.69, 9.17) is 5.11 Å².